The van der Waals surface area contributed by atoms with Gasteiger partial charge in [-0.25, -0.2) is 15.0 Å². The number of hydrogen-bond donors (Lipinski definition) is 0. The maximum atomic E-state index is 6.04. The summed E-state index contributed by atoms with van der Waals surface area (Å²) in [5.41, 5.74) is 11.8. The van der Waals surface area contributed by atoms with Gasteiger partial charge in [0.05, 0.1) is 17.1 Å². The lowest BCUT2D eigenvalue weighted by molar-refractivity contribution is 0.669. The van der Waals surface area contributed by atoms with Crippen LogP contribution in [0.1, 0.15) is 0 Å². The Morgan fingerprint density at radius 2 is 1.02 bits per heavy atom. The van der Waals surface area contributed by atoms with Gasteiger partial charge in [-0.1, -0.05) is 109 Å². The highest BCUT2D eigenvalue weighted by Crippen LogP contribution is 2.34. The fourth-order valence-corrected chi connectivity index (χ4v) is 6.08. The third-order valence-corrected chi connectivity index (χ3v) is 8.49. The van der Waals surface area contributed by atoms with Crippen LogP contribution >= 0.6 is 0 Å². The molecule has 5 heteroatoms. The molecule has 5 nitrogen and oxygen atoms in total. The van der Waals surface area contributed by atoms with Crippen LogP contribution in [0.2, 0.25) is 0 Å². The molecule has 0 aliphatic rings. The Morgan fingerprint density at radius 3 is 1.80 bits per heavy atom. The number of aromatic nitrogens is 4. The Morgan fingerprint density at radius 1 is 0.413 bits per heavy atom. The van der Waals surface area contributed by atoms with Crippen molar-refractivity contribution in [2.24, 2.45) is 0 Å². The van der Waals surface area contributed by atoms with Gasteiger partial charge in [-0.15, -0.1) is 0 Å². The van der Waals surface area contributed by atoms with Crippen LogP contribution in [0.3, 0.4) is 0 Å². The number of hydrogen-bond acceptors (Lipinski definition) is 4. The van der Waals surface area contributed by atoms with Crippen molar-refractivity contribution < 1.29 is 4.42 Å². The van der Waals surface area contributed by atoms with E-state index in [1.165, 1.54) is 0 Å². The van der Waals surface area contributed by atoms with E-state index in [-0.39, 0.29) is 0 Å². The smallest absolute Gasteiger partial charge is 0.160 e. The summed E-state index contributed by atoms with van der Waals surface area (Å²) in [7, 11) is 0. The van der Waals surface area contributed by atoms with Crippen LogP contribution in [-0.2, 0) is 0 Å². The summed E-state index contributed by atoms with van der Waals surface area (Å²) in [5.74, 6) is 0.680. The molecule has 0 aliphatic heterocycles. The van der Waals surface area contributed by atoms with Crippen molar-refractivity contribution >= 4 is 27.6 Å². The van der Waals surface area contributed by atoms with Gasteiger partial charge in [0, 0.05) is 45.4 Å². The first kappa shape index (κ1) is 26.1. The molecule has 0 N–H and O–H groups in total. The molecule has 0 aliphatic carbocycles. The summed E-state index contributed by atoms with van der Waals surface area (Å²) in [6.45, 7) is 0. The predicted molar refractivity (Wildman–Crippen MR) is 185 cm³/mol. The third-order valence-electron chi connectivity index (χ3n) is 8.49. The molecule has 5 aromatic carbocycles. The number of nitrogens with zero attached hydrogens (tertiary/aromatic N) is 4. The average Bonchev–Trinajstić information content (AvgIpc) is 3.74. The maximum Gasteiger partial charge on any atom is 0.160 e. The molecule has 0 atom stereocenters. The minimum Gasteiger partial charge on any atom is -0.456 e. The Kier molecular flexibility index (Phi) is 6.06. The molecule has 0 amide bonds. The quantitative estimate of drug-likeness (QED) is 0.200. The van der Waals surface area contributed by atoms with Gasteiger partial charge in [0.1, 0.15) is 16.8 Å². The fourth-order valence-electron chi connectivity index (χ4n) is 6.08. The molecule has 0 saturated heterocycles. The molecular formula is C41H26N4O. The Balaban J connectivity index is 1.08. The van der Waals surface area contributed by atoms with E-state index in [2.05, 4.69) is 91.0 Å². The molecule has 0 radical (unpaired) electrons. The summed E-state index contributed by atoms with van der Waals surface area (Å²) in [6.07, 6.45) is 4.06. The van der Waals surface area contributed by atoms with Crippen molar-refractivity contribution in [1.29, 1.82) is 0 Å². The molecule has 4 heterocycles. The van der Waals surface area contributed by atoms with Crippen molar-refractivity contribution in [2.45, 2.75) is 0 Å². The number of para-hydroxylation sites is 1. The number of fused-ring (bicyclic) bond motifs is 4. The average molecular weight is 591 g/mol. The number of rotatable bonds is 5. The van der Waals surface area contributed by atoms with Crippen molar-refractivity contribution in [1.82, 2.24) is 19.4 Å². The molecule has 0 spiro atoms. The van der Waals surface area contributed by atoms with E-state index in [9.17, 15) is 0 Å². The molecule has 216 valence electrons. The van der Waals surface area contributed by atoms with Crippen LogP contribution in [0.5, 0.6) is 0 Å². The lowest BCUT2D eigenvalue weighted by atomic mass is 10.00. The minimum absolute atomic E-state index is 0.680. The van der Waals surface area contributed by atoms with Gasteiger partial charge in [-0.2, -0.15) is 0 Å². The SMILES string of the molecule is c1ccc(-c2cc(-c3ccc(-c4ccc5oc6ccccc6c5c4)cc3)nc(-c3ccc(-c4cn5ccccc5n4)cc3)n2)cc1. The molecule has 9 aromatic rings. The zero-order chi connectivity index (χ0) is 30.5. The lowest BCUT2D eigenvalue weighted by Gasteiger charge is -2.10. The highest BCUT2D eigenvalue weighted by Gasteiger charge is 2.13. The van der Waals surface area contributed by atoms with Gasteiger partial charge in [-0.3, -0.25) is 0 Å². The van der Waals surface area contributed by atoms with Gasteiger partial charge in [0.15, 0.2) is 5.82 Å². The summed E-state index contributed by atoms with van der Waals surface area (Å²) in [6, 6.07) is 49.8. The molecule has 0 unspecified atom stereocenters. The highest BCUT2D eigenvalue weighted by atomic mass is 16.3. The van der Waals surface area contributed by atoms with E-state index in [0.717, 1.165) is 78.0 Å². The largest absolute Gasteiger partial charge is 0.456 e. The Bertz CT molecular complexity index is 2480. The molecular weight excluding hydrogens is 564 g/mol. The first-order valence-electron chi connectivity index (χ1n) is 15.3. The van der Waals surface area contributed by atoms with E-state index >= 15 is 0 Å². The number of imidazole rings is 1. The second-order valence-corrected chi connectivity index (χ2v) is 11.4. The van der Waals surface area contributed by atoms with Gasteiger partial charge < -0.3 is 8.82 Å². The van der Waals surface area contributed by atoms with E-state index in [0.29, 0.717) is 5.82 Å². The van der Waals surface area contributed by atoms with Gasteiger partial charge >= 0.3 is 0 Å². The van der Waals surface area contributed by atoms with Crippen LogP contribution in [-0.4, -0.2) is 19.4 Å². The second-order valence-electron chi connectivity index (χ2n) is 11.4. The van der Waals surface area contributed by atoms with Crippen molar-refractivity contribution in [3.8, 4) is 56.3 Å². The molecule has 46 heavy (non-hydrogen) atoms. The topological polar surface area (TPSA) is 56.2 Å². The van der Waals surface area contributed by atoms with Crippen molar-refractivity contribution in [2.75, 3.05) is 0 Å². The van der Waals surface area contributed by atoms with Crippen LogP contribution in [0.15, 0.2) is 162 Å². The number of pyridine rings is 1. The lowest BCUT2D eigenvalue weighted by Crippen LogP contribution is -1.96. The first-order valence-corrected chi connectivity index (χ1v) is 15.3. The van der Waals surface area contributed by atoms with Crippen molar-refractivity contribution in [3.05, 3.63) is 158 Å². The normalized spacial score (nSPS) is 11.5. The second kappa shape index (κ2) is 10.7. The van der Waals surface area contributed by atoms with Crippen LogP contribution in [0.4, 0.5) is 0 Å². The zero-order valence-electron chi connectivity index (χ0n) is 24.7. The van der Waals surface area contributed by atoms with E-state index in [1.807, 2.05) is 71.4 Å². The van der Waals surface area contributed by atoms with Crippen LogP contribution < -0.4 is 0 Å². The standard InChI is InChI=1S/C41H26N4O/c1-2-8-28(9-3-1)35-25-36(44-41(43-35)31-19-17-30(18-20-31)37-26-45-23-7-6-12-40(45)42-37)29-15-13-27(14-16-29)32-21-22-39-34(24-32)33-10-4-5-11-38(33)46-39/h1-26H. The fraction of sp³-hybridized carbons (Fsp3) is 0. The van der Waals surface area contributed by atoms with Gasteiger partial charge in [0.25, 0.3) is 0 Å². The van der Waals surface area contributed by atoms with E-state index < -0.39 is 0 Å². The summed E-state index contributed by atoms with van der Waals surface area (Å²) in [4.78, 5) is 14.8. The molecule has 9 rings (SSSR count). The van der Waals surface area contributed by atoms with Gasteiger partial charge in [-0.05, 0) is 47.5 Å². The third kappa shape index (κ3) is 4.62. The minimum atomic E-state index is 0.680. The number of furan rings is 1. The predicted octanol–water partition coefficient (Wildman–Crippen LogP) is 10.4. The monoisotopic (exact) mass is 590 g/mol. The first-order chi connectivity index (χ1) is 22.7. The van der Waals surface area contributed by atoms with E-state index in [4.69, 9.17) is 19.4 Å². The zero-order valence-corrected chi connectivity index (χ0v) is 24.7. The summed E-state index contributed by atoms with van der Waals surface area (Å²) < 4.78 is 8.07. The summed E-state index contributed by atoms with van der Waals surface area (Å²) in [5, 5.41) is 2.25. The van der Waals surface area contributed by atoms with Crippen LogP contribution in [0.25, 0.3) is 83.9 Å². The molecule has 0 bridgehead atoms. The van der Waals surface area contributed by atoms with Crippen molar-refractivity contribution in [3.63, 3.8) is 0 Å². The maximum absolute atomic E-state index is 6.04. The molecule has 0 saturated carbocycles. The molecule has 0 fully saturated rings. The van der Waals surface area contributed by atoms with Crippen LogP contribution in [0, 0.1) is 0 Å². The van der Waals surface area contributed by atoms with E-state index in [1.54, 1.807) is 0 Å². The Hall–Kier alpha value is -6.33. The van der Waals surface area contributed by atoms with Gasteiger partial charge in [0.2, 0.25) is 0 Å². The highest BCUT2D eigenvalue weighted by molar-refractivity contribution is 6.06. The number of benzene rings is 5. The Labute approximate surface area is 265 Å². The molecule has 4 aromatic heterocycles. The summed E-state index contributed by atoms with van der Waals surface area (Å²) >= 11 is 0.